The van der Waals surface area contributed by atoms with Crippen LogP contribution in [0.4, 0.5) is 5.82 Å². The Kier molecular flexibility index (Phi) is 5.49. The molecule has 5 heteroatoms. The van der Waals surface area contributed by atoms with E-state index in [0.29, 0.717) is 12.5 Å². The molecule has 0 aliphatic heterocycles. The maximum absolute atomic E-state index is 5.72. The topological polar surface area (TPSA) is 47.0 Å². The molecule has 1 aromatic heterocycles. The minimum absolute atomic E-state index is 0.228. The molecule has 1 rings (SSSR count). The van der Waals surface area contributed by atoms with Crippen LogP contribution in [0.25, 0.3) is 0 Å². The molecule has 1 atom stereocenters. The van der Waals surface area contributed by atoms with Gasteiger partial charge in [0, 0.05) is 12.8 Å². The first kappa shape index (κ1) is 13.2. The number of rotatable bonds is 6. The lowest BCUT2D eigenvalue weighted by Gasteiger charge is -2.22. The Bertz CT molecular complexity index is 320. The van der Waals surface area contributed by atoms with Crippen LogP contribution in [0.5, 0.6) is 0 Å². The average molecular weight is 244 g/mol. The molecule has 1 heterocycles. The summed E-state index contributed by atoms with van der Waals surface area (Å²) in [5, 5.41) is 3.55. The molecule has 0 aliphatic carbocycles. The summed E-state index contributed by atoms with van der Waals surface area (Å²) in [6.07, 6.45) is 1.63. The second kappa shape index (κ2) is 6.66. The third-order valence-corrected chi connectivity index (χ3v) is 2.45. The molecule has 0 spiro atoms. The zero-order chi connectivity index (χ0) is 12.0. The Labute approximate surface area is 101 Å². The summed E-state index contributed by atoms with van der Waals surface area (Å²) in [6, 6.07) is 2.03. The van der Waals surface area contributed by atoms with E-state index in [9.17, 15) is 0 Å². The highest BCUT2D eigenvalue weighted by Gasteiger charge is 2.13. The van der Waals surface area contributed by atoms with Gasteiger partial charge in [0.1, 0.15) is 5.82 Å². The normalized spacial score (nSPS) is 12.8. The van der Waals surface area contributed by atoms with Gasteiger partial charge in [-0.25, -0.2) is 9.97 Å². The molecule has 1 unspecified atom stereocenters. The number of hydrogen-bond donors (Lipinski definition) is 1. The van der Waals surface area contributed by atoms with Crippen LogP contribution < -0.4 is 5.32 Å². The van der Waals surface area contributed by atoms with Crippen LogP contribution >= 0.6 is 11.6 Å². The fourth-order valence-electron chi connectivity index (χ4n) is 1.25. The van der Waals surface area contributed by atoms with E-state index in [-0.39, 0.29) is 11.3 Å². The Morgan fingerprint density at radius 3 is 2.81 bits per heavy atom. The van der Waals surface area contributed by atoms with Crippen molar-refractivity contribution in [1.29, 1.82) is 0 Å². The lowest BCUT2D eigenvalue weighted by molar-refractivity contribution is 0.126. The molecular formula is C11H18ClN3O. The van der Waals surface area contributed by atoms with E-state index in [1.54, 1.807) is 12.3 Å². The second-order valence-electron chi connectivity index (χ2n) is 3.87. The van der Waals surface area contributed by atoms with Gasteiger partial charge in [-0.1, -0.05) is 13.8 Å². The lowest BCUT2D eigenvalue weighted by atomic mass is 10.1. The van der Waals surface area contributed by atoms with E-state index in [4.69, 9.17) is 16.3 Å². The smallest absolute Gasteiger partial charge is 0.224 e. The zero-order valence-electron chi connectivity index (χ0n) is 9.90. The summed E-state index contributed by atoms with van der Waals surface area (Å²) >= 11 is 5.72. The SMILES string of the molecule is CCOCC(Nc1ccnc(Cl)n1)C(C)C. The Morgan fingerprint density at radius 1 is 1.50 bits per heavy atom. The van der Waals surface area contributed by atoms with Crippen LogP contribution in [-0.4, -0.2) is 29.2 Å². The lowest BCUT2D eigenvalue weighted by Crippen LogP contribution is -2.31. The monoisotopic (exact) mass is 243 g/mol. The van der Waals surface area contributed by atoms with E-state index < -0.39 is 0 Å². The highest BCUT2D eigenvalue weighted by Crippen LogP contribution is 2.12. The molecule has 0 aliphatic rings. The van der Waals surface area contributed by atoms with Crippen molar-refractivity contribution in [3.8, 4) is 0 Å². The molecule has 0 fully saturated rings. The highest BCUT2D eigenvalue weighted by molar-refractivity contribution is 6.28. The Hall–Kier alpha value is -0.870. The van der Waals surface area contributed by atoms with E-state index in [2.05, 4.69) is 29.1 Å². The fourth-order valence-corrected chi connectivity index (χ4v) is 1.40. The number of nitrogens with zero attached hydrogens (tertiary/aromatic N) is 2. The number of hydrogen-bond acceptors (Lipinski definition) is 4. The molecule has 0 bridgehead atoms. The summed E-state index contributed by atoms with van der Waals surface area (Å²) in [6.45, 7) is 7.64. The maximum atomic E-state index is 5.72. The first-order valence-corrected chi connectivity index (χ1v) is 5.84. The Balaban J connectivity index is 2.60. The van der Waals surface area contributed by atoms with Crippen LogP contribution in [0.3, 0.4) is 0 Å². The molecule has 1 N–H and O–H groups in total. The van der Waals surface area contributed by atoms with Gasteiger partial charge < -0.3 is 10.1 Å². The Morgan fingerprint density at radius 2 is 2.25 bits per heavy atom. The second-order valence-corrected chi connectivity index (χ2v) is 4.20. The third-order valence-electron chi connectivity index (χ3n) is 2.27. The molecule has 0 aromatic carbocycles. The summed E-state index contributed by atoms with van der Waals surface area (Å²) in [5.41, 5.74) is 0. The van der Waals surface area contributed by atoms with E-state index in [1.165, 1.54) is 0 Å². The number of anilines is 1. The molecule has 16 heavy (non-hydrogen) atoms. The standard InChI is InChI=1S/C11H18ClN3O/c1-4-16-7-9(8(2)3)14-10-5-6-13-11(12)15-10/h5-6,8-9H,4,7H2,1-3H3,(H,13,14,15). The third kappa shape index (κ3) is 4.33. The van der Waals surface area contributed by atoms with Gasteiger partial charge in [-0.15, -0.1) is 0 Å². The van der Waals surface area contributed by atoms with Crippen LogP contribution in [0, 0.1) is 5.92 Å². The van der Waals surface area contributed by atoms with Crippen LogP contribution in [0.1, 0.15) is 20.8 Å². The number of nitrogens with one attached hydrogen (secondary N) is 1. The van der Waals surface area contributed by atoms with Gasteiger partial charge in [-0.3, -0.25) is 0 Å². The van der Waals surface area contributed by atoms with Gasteiger partial charge in [-0.2, -0.15) is 0 Å². The van der Waals surface area contributed by atoms with Crippen molar-refractivity contribution in [3.63, 3.8) is 0 Å². The van der Waals surface area contributed by atoms with E-state index in [0.717, 1.165) is 12.4 Å². The first-order chi connectivity index (χ1) is 7.63. The molecule has 90 valence electrons. The number of ether oxygens (including phenoxy) is 1. The predicted octanol–water partition coefficient (Wildman–Crippen LogP) is 2.60. The average Bonchev–Trinajstić information content (AvgIpc) is 2.24. The zero-order valence-corrected chi connectivity index (χ0v) is 10.7. The molecule has 0 amide bonds. The van der Waals surface area contributed by atoms with Crippen molar-refractivity contribution in [2.75, 3.05) is 18.5 Å². The van der Waals surface area contributed by atoms with Crippen LogP contribution in [0.15, 0.2) is 12.3 Å². The van der Waals surface area contributed by atoms with E-state index in [1.807, 2.05) is 6.92 Å². The summed E-state index contributed by atoms with van der Waals surface area (Å²) in [4.78, 5) is 7.93. The summed E-state index contributed by atoms with van der Waals surface area (Å²) < 4.78 is 5.42. The van der Waals surface area contributed by atoms with Crippen molar-refractivity contribution >= 4 is 17.4 Å². The maximum Gasteiger partial charge on any atom is 0.224 e. The quantitative estimate of drug-likeness (QED) is 0.781. The highest BCUT2D eigenvalue weighted by atomic mass is 35.5. The molecule has 1 aromatic rings. The van der Waals surface area contributed by atoms with Gasteiger partial charge in [0.25, 0.3) is 0 Å². The largest absolute Gasteiger partial charge is 0.380 e. The molecular weight excluding hydrogens is 226 g/mol. The van der Waals surface area contributed by atoms with Crippen molar-refractivity contribution < 1.29 is 4.74 Å². The van der Waals surface area contributed by atoms with Crippen molar-refractivity contribution in [2.45, 2.75) is 26.8 Å². The number of halogens is 1. The summed E-state index contributed by atoms with van der Waals surface area (Å²) in [5.74, 6) is 1.19. The van der Waals surface area contributed by atoms with Crippen LogP contribution in [0.2, 0.25) is 5.28 Å². The van der Waals surface area contributed by atoms with Crippen LogP contribution in [-0.2, 0) is 4.74 Å². The van der Waals surface area contributed by atoms with Gasteiger partial charge in [0.2, 0.25) is 5.28 Å². The minimum Gasteiger partial charge on any atom is -0.380 e. The first-order valence-electron chi connectivity index (χ1n) is 5.46. The van der Waals surface area contributed by atoms with E-state index >= 15 is 0 Å². The molecule has 0 saturated heterocycles. The number of aromatic nitrogens is 2. The minimum atomic E-state index is 0.228. The molecule has 4 nitrogen and oxygen atoms in total. The van der Waals surface area contributed by atoms with Crippen molar-refractivity contribution in [3.05, 3.63) is 17.5 Å². The van der Waals surface area contributed by atoms with Gasteiger partial charge in [-0.05, 0) is 30.5 Å². The predicted molar refractivity (Wildman–Crippen MR) is 65.8 cm³/mol. The summed E-state index contributed by atoms with van der Waals surface area (Å²) in [7, 11) is 0. The van der Waals surface area contributed by atoms with Gasteiger partial charge in [0.15, 0.2) is 0 Å². The van der Waals surface area contributed by atoms with Gasteiger partial charge >= 0.3 is 0 Å². The van der Waals surface area contributed by atoms with Gasteiger partial charge in [0.05, 0.1) is 12.6 Å². The fraction of sp³-hybridized carbons (Fsp3) is 0.636. The molecule has 0 radical (unpaired) electrons. The van der Waals surface area contributed by atoms with Crippen molar-refractivity contribution in [1.82, 2.24) is 9.97 Å². The molecule has 0 saturated carbocycles. The van der Waals surface area contributed by atoms with Crippen molar-refractivity contribution in [2.24, 2.45) is 5.92 Å².